The Morgan fingerprint density at radius 3 is 2.74 bits per heavy atom. The zero-order chi connectivity index (χ0) is 16.3. The lowest BCUT2D eigenvalue weighted by Gasteiger charge is -2.15. The first-order valence-electron chi connectivity index (χ1n) is 7.85. The van der Waals surface area contributed by atoms with Gasteiger partial charge in [0.2, 0.25) is 0 Å². The second kappa shape index (κ2) is 6.58. The van der Waals surface area contributed by atoms with Crippen molar-refractivity contribution in [1.82, 2.24) is 0 Å². The largest absolute Gasteiger partial charge is 0.494 e. The molecule has 0 bridgehead atoms. The van der Waals surface area contributed by atoms with E-state index in [1.165, 1.54) is 0 Å². The van der Waals surface area contributed by atoms with Crippen molar-refractivity contribution in [2.45, 2.75) is 26.3 Å². The van der Waals surface area contributed by atoms with Gasteiger partial charge in [0.15, 0.2) is 0 Å². The van der Waals surface area contributed by atoms with Gasteiger partial charge in [-0.2, -0.15) is 13.1 Å². The molecular formula is C17H21N2O3S+. The maximum Gasteiger partial charge on any atom is 0.302 e. The molecule has 2 heterocycles. The van der Waals surface area contributed by atoms with Crippen molar-refractivity contribution in [2.75, 3.05) is 17.1 Å². The first kappa shape index (κ1) is 15.8. The molecule has 1 aromatic heterocycles. The number of ether oxygens (including phenoxy) is 1. The molecule has 0 radical (unpaired) electrons. The number of rotatable bonds is 5. The molecule has 0 aliphatic carbocycles. The van der Waals surface area contributed by atoms with Gasteiger partial charge in [0, 0.05) is 0 Å². The number of fused-ring (bicyclic) bond motifs is 1. The summed E-state index contributed by atoms with van der Waals surface area (Å²) in [5.74, 6) is 1.57. The summed E-state index contributed by atoms with van der Waals surface area (Å²) in [5.41, 5.74) is 1.83. The first-order valence-corrected chi connectivity index (χ1v) is 9.50. The van der Waals surface area contributed by atoms with Crippen LogP contribution in [0.25, 0.3) is 11.1 Å². The Labute approximate surface area is 137 Å². The summed E-state index contributed by atoms with van der Waals surface area (Å²) in [5, 5.41) is 0. The summed E-state index contributed by atoms with van der Waals surface area (Å²) in [6.07, 6.45) is 4.03. The van der Waals surface area contributed by atoms with Crippen molar-refractivity contribution in [3.8, 4) is 16.9 Å². The minimum Gasteiger partial charge on any atom is -0.494 e. The standard InChI is InChI=1S/C17H20N2O3S/c1-2-3-12-22-15-8-6-14(7-9-15)16-5-4-10-19-11-13-23(20,21)18-17(16)19/h4-10H,2-3,11-13H2,1H3/p+1. The Morgan fingerprint density at radius 1 is 1.22 bits per heavy atom. The van der Waals surface area contributed by atoms with E-state index in [1.807, 2.05) is 47.2 Å². The topological polar surface area (TPSA) is 59.3 Å². The monoisotopic (exact) mass is 333 g/mol. The Morgan fingerprint density at radius 2 is 2.00 bits per heavy atom. The molecule has 0 saturated heterocycles. The highest BCUT2D eigenvalue weighted by molar-refractivity contribution is 7.92. The maximum atomic E-state index is 11.9. The highest BCUT2D eigenvalue weighted by Gasteiger charge is 2.29. The molecule has 1 aliphatic heterocycles. The highest BCUT2D eigenvalue weighted by Crippen LogP contribution is 2.28. The molecule has 0 atom stereocenters. The number of aromatic nitrogens is 1. The number of pyridine rings is 1. The van der Waals surface area contributed by atoms with Gasteiger partial charge in [0.05, 0.1) is 18.4 Å². The van der Waals surface area contributed by atoms with Gasteiger partial charge in [-0.05, 0) is 36.2 Å². The lowest BCUT2D eigenvalue weighted by molar-refractivity contribution is -0.679. The van der Waals surface area contributed by atoms with E-state index in [2.05, 4.69) is 11.6 Å². The number of sulfonamides is 1. The molecule has 1 aromatic carbocycles. The van der Waals surface area contributed by atoms with E-state index in [9.17, 15) is 8.42 Å². The number of nitrogens with zero attached hydrogens (tertiary/aromatic N) is 1. The molecule has 1 N–H and O–H groups in total. The summed E-state index contributed by atoms with van der Waals surface area (Å²) < 4.78 is 34.0. The van der Waals surface area contributed by atoms with Crippen molar-refractivity contribution < 1.29 is 17.7 Å². The molecule has 5 nitrogen and oxygen atoms in total. The summed E-state index contributed by atoms with van der Waals surface area (Å²) in [4.78, 5) is 0. The summed E-state index contributed by atoms with van der Waals surface area (Å²) in [7, 11) is -3.25. The molecule has 0 amide bonds. The lowest BCUT2D eigenvalue weighted by atomic mass is 10.1. The van der Waals surface area contributed by atoms with E-state index in [0.29, 0.717) is 19.0 Å². The van der Waals surface area contributed by atoms with Gasteiger partial charge in [0.25, 0.3) is 5.82 Å². The fraction of sp³-hybridized carbons (Fsp3) is 0.353. The second-order valence-electron chi connectivity index (χ2n) is 5.61. The van der Waals surface area contributed by atoms with Crippen molar-refractivity contribution in [3.63, 3.8) is 0 Å². The Kier molecular flexibility index (Phi) is 4.52. The van der Waals surface area contributed by atoms with Gasteiger partial charge in [-0.3, -0.25) is 0 Å². The van der Waals surface area contributed by atoms with E-state index >= 15 is 0 Å². The van der Waals surface area contributed by atoms with Gasteiger partial charge in [0.1, 0.15) is 18.0 Å². The summed E-state index contributed by atoms with van der Waals surface area (Å²) in [6.45, 7) is 3.31. The number of unbranched alkanes of at least 4 members (excludes halogenated alkanes) is 1. The molecule has 3 rings (SSSR count). The SMILES string of the molecule is CCCCOc1ccc(-c2ccc[n+]3c2NS(=O)(=O)CC3)cc1. The smallest absolute Gasteiger partial charge is 0.302 e. The minimum absolute atomic E-state index is 0.109. The van der Waals surface area contributed by atoms with Crippen LogP contribution in [0.4, 0.5) is 5.82 Å². The van der Waals surface area contributed by atoms with Gasteiger partial charge in [-0.1, -0.05) is 25.5 Å². The maximum absolute atomic E-state index is 11.9. The average molecular weight is 333 g/mol. The van der Waals surface area contributed by atoms with Crippen LogP contribution in [0.3, 0.4) is 0 Å². The van der Waals surface area contributed by atoms with Crippen LogP contribution in [0.1, 0.15) is 19.8 Å². The zero-order valence-corrected chi connectivity index (χ0v) is 14.0. The Balaban J connectivity index is 1.88. The Hall–Kier alpha value is -2.08. The molecule has 0 fully saturated rings. The fourth-order valence-corrected chi connectivity index (χ4v) is 3.63. The molecule has 2 aromatic rings. The molecule has 1 aliphatic rings. The van der Waals surface area contributed by atoms with Crippen molar-refractivity contribution in [1.29, 1.82) is 0 Å². The van der Waals surface area contributed by atoms with E-state index in [4.69, 9.17) is 4.74 Å². The van der Waals surface area contributed by atoms with E-state index in [-0.39, 0.29) is 5.75 Å². The van der Waals surface area contributed by atoms with Crippen LogP contribution in [0.2, 0.25) is 0 Å². The first-order chi connectivity index (χ1) is 11.1. The predicted molar refractivity (Wildman–Crippen MR) is 89.9 cm³/mol. The fourth-order valence-electron chi connectivity index (χ4n) is 2.57. The number of aryl methyl sites for hydroxylation is 1. The van der Waals surface area contributed by atoms with E-state index in [0.717, 1.165) is 29.7 Å². The summed E-state index contributed by atoms with van der Waals surface area (Å²) >= 11 is 0. The zero-order valence-electron chi connectivity index (χ0n) is 13.2. The van der Waals surface area contributed by atoms with E-state index < -0.39 is 10.0 Å². The average Bonchev–Trinajstić information content (AvgIpc) is 2.54. The normalized spacial score (nSPS) is 15.5. The van der Waals surface area contributed by atoms with Crippen LogP contribution in [0.15, 0.2) is 42.6 Å². The van der Waals surface area contributed by atoms with Crippen molar-refractivity contribution >= 4 is 15.8 Å². The highest BCUT2D eigenvalue weighted by atomic mass is 32.2. The number of hydrogen-bond donors (Lipinski definition) is 1. The van der Waals surface area contributed by atoms with Gasteiger partial charge >= 0.3 is 10.0 Å². The number of hydrogen-bond acceptors (Lipinski definition) is 3. The van der Waals surface area contributed by atoms with Crippen LogP contribution >= 0.6 is 0 Å². The second-order valence-corrected chi connectivity index (χ2v) is 7.45. The number of anilines is 1. The van der Waals surface area contributed by atoms with Crippen LogP contribution in [0.5, 0.6) is 5.75 Å². The minimum atomic E-state index is -3.25. The molecule has 0 unspecified atom stereocenters. The van der Waals surface area contributed by atoms with Crippen molar-refractivity contribution in [2.24, 2.45) is 0 Å². The summed E-state index contributed by atoms with van der Waals surface area (Å²) in [6, 6.07) is 11.6. The van der Waals surface area contributed by atoms with Crippen LogP contribution in [-0.2, 0) is 16.6 Å². The van der Waals surface area contributed by atoms with Crippen LogP contribution in [-0.4, -0.2) is 20.8 Å². The number of nitrogens with one attached hydrogen (secondary N) is 1. The Bertz CT molecular complexity index is 786. The van der Waals surface area contributed by atoms with Crippen LogP contribution < -0.4 is 14.0 Å². The molecular weight excluding hydrogens is 312 g/mol. The molecule has 6 heteroatoms. The molecule has 0 spiro atoms. The molecule has 122 valence electrons. The third-order valence-electron chi connectivity index (χ3n) is 3.86. The van der Waals surface area contributed by atoms with Gasteiger partial charge < -0.3 is 4.74 Å². The lowest BCUT2D eigenvalue weighted by Crippen LogP contribution is -2.47. The van der Waals surface area contributed by atoms with E-state index in [1.54, 1.807) is 0 Å². The number of benzene rings is 1. The predicted octanol–water partition coefficient (Wildman–Crippen LogP) is 2.58. The molecule has 23 heavy (non-hydrogen) atoms. The van der Waals surface area contributed by atoms with Gasteiger partial charge in [-0.25, -0.2) is 4.57 Å². The van der Waals surface area contributed by atoms with Crippen LogP contribution in [0, 0.1) is 0 Å². The third-order valence-corrected chi connectivity index (χ3v) is 5.08. The third kappa shape index (κ3) is 3.64. The molecule has 0 saturated carbocycles. The quantitative estimate of drug-likeness (QED) is 0.676. The van der Waals surface area contributed by atoms with Crippen molar-refractivity contribution in [3.05, 3.63) is 42.6 Å². The van der Waals surface area contributed by atoms with Gasteiger partial charge in [-0.15, -0.1) is 0 Å².